The monoisotopic (exact) mass is 446 g/mol. The van der Waals surface area contributed by atoms with Crippen LogP contribution in [0.5, 0.6) is 0 Å². The summed E-state index contributed by atoms with van der Waals surface area (Å²) in [6.07, 6.45) is 9.06. The number of urea groups is 2. The molecule has 0 unspecified atom stereocenters. The van der Waals surface area contributed by atoms with Crippen molar-refractivity contribution in [3.63, 3.8) is 0 Å². The molecule has 6 amide bonds. The number of hydrogen-bond acceptors (Lipinski definition) is 6. The van der Waals surface area contributed by atoms with Gasteiger partial charge in [0, 0.05) is 26.2 Å². The van der Waals surface area contributed by atoms with Crippen molar-refractivity contribution in [1.82, 2.24) is 30.2 Å². The third kappa shape index (κ3) is 3.67. The Kier molecular flexibility index (Phi) is 5.61. The Morgan fingerprint density at radius 2 is 0.906 bits per heavy atom. The lowest BCUT2D eigenvalue weighted by atomic mass is 9.82. The summed E-state index contributed by atoms with van der Waals surface area (Å²) in [5.41, 5.74) is -1.37. The maximum Gasteiger partial charge on any atom is 0.326 e. The fraction of sp³-hybridized carbons (Fsp3) is 0.818. The van der Waals surface area contributed by atoms with Crippen molar-refractivity contribution in [2.75, 3.05) is 39.5 Å². The van der Waals surface area contributed by atoms with E-state index in [4.69, 9.17) is 0 Å². The van der Waals surface area contributed by atoms with E-state index in [2.05, 4.69) is 20.4 Å². The maximum absolute atomic E-state index is 13.0. The lowest BCUT2D eigenvalue weighted by Crippen LogP contribution is -2.55. The highest BCUT2D eigenvalue weighted by Crippen LogP contribution is 2.35. The molecule has 0 bridgehead atoms. The standard InChI is InChI=1S/C22H34N6O4/c29-17-21(7-3-1-4-8-21)23-19(31)27(17)15-25-11-13-26(14-12-25)16-28-18(30)22(24-20(28)32)9-5-2-6-10-22/h1-16H2,(H,23,31)(H,24,32). The van der Waals surface area contributed by atoms with Gasteiger partial charge in [-0.3, -0.25) is 19.4 Å². The average Bonchev–Trinajstić information content (AvgIpc) is 3.15. The second kappa shape index (κ2) is 8.30. The normalized spacial score (nSPS) is 28.6. The summed E-state index contributed by atoms with van der Waals surface area (Å²) < 4.78 is 0. The first-order valence-electron chi connectivity index (χ1n) is 12.2. The van der Waals surface area contributed by atoms with Crippen LogP contribution in [0.3, 0.4) is 0 Å². The molecular weight excluding hydrogens is 412 g/mol. The van der Waals surface area contributed by atoms with Crippen LogP contribution in [0.1, 0.15) is 64.2 Å². The van der Waals surface area contributed by atoms with E-state index in [1.807, 2.05) is 0 Å². The van der Waals surface area contributed by atoms with Gasteiger partial charge in [-0.15, -0.1) is 0 Å². The molecule has 32 heavy (non-hydrogen) atoms. The minimum Gasteiger partial charge on any atom is -0.323 e. The highest BCUT2D eigenvalue weighted by atomic mass is 16.2. The summed E-state index contributed by atoms with van der Waals surface area (Å²) in [5.74, 6) is -0.163. The zero-order chi connectivity index (χ0) is 22.3. The third-order valence-corrected chi connectivity index (χ3v) is 8.05. The molecule has 3 heterocycles. The van der Waals surface area contributed by atoms with E-state index in [0.29, 0.717) is 39.5 Å². The van der Waals surface area contributed by atoms with Crippen LogP contribution in [0.2, 0.25) is 0 Å². The Balaban J connectivity index is 1.13. The van der Waals surface area contributed by atoms with E-state index in [1.165, 1.54) is 9.80 Å². The smallest absolute Gasteiger partial charge is 0.323 e. The molecule has 2 N–H and O–H groups in total. The first-order valence-corrected chi connectivity index (χ1v) is 12.2. The van der Waals surface area contributed by atoms with Crippen molar-refractivity contribution in [2.45, 2.75) is 75.3 Å². The Morgan fingerprint density at radius 1 is 0.562 bits per heavy atom. The predicted octanol–water partition coefficient (Wildman–Crippen LogP) is 1.03. The fourth-order valence-corrected chi connectivity index (χ4v) is 6.07. The predicted molar refractivity (Wildman–Crippen MR) is 115 cm³/mol. The van der Waals surface area contributed by atoms with Gasteiger partial charge < -0.3 is 10.6 Å². The van der Waals surface area contributed by atoms with Crippen LogP contribution in [-0.4, -0.2) is 94.1 Å². The second-order valence-electron chi connectivity index (χ2n) is 10.1. The van der Waals surface area contributed by atoms with Gasteiger partial charge in [0.05, 0.1) is 13.3 Å². The zero-order valence-electron chi connectivity index (χ0n) is 18.7. The van der Waals surface area contributed by atoms with E-state index in [-0.39, 0.29) is 23.9 Å². The van der Waals surface area contributed by atoms with Crippen LogP contribution < -0.4 is 10.6 Å². The molecule has 2 saturated carbocycles. The molecule has 0 aromatic carbocycles. The molecule has 0 radical (unpaired) electrons. The Morgan fingerprint density at radius 3 is 1.25 bits per heavy atom. The number of imide groups is 2. The molecular formula is C22H34N6O4. The van der Waals surface area contributed by atoms with Crippen LogP contribution in [0.25, 0.3) is 0 Å². The van der Waals surface area contributed by atoms with Gasteiger partial charge in [-0.25, -0.2) is 19.4 Å². The molecule has 2 aliphatic carbocycles. The molecule has 10 heteroatoms. The van der Waals surface area contributed by atoms with Crippen molar-refractivity contribution in [1.29, 1.82) is 0 Å². The summed E-state index contributed by atoms with van der Waals surface area (Å²) >= 11 is 0. The Labute approximate surface area is 188 Å². The topological polar surface area (TPSA) is 105 Å². The summed E-state index contributed by atoms with van der Waals surface area (Å²) in [7, 11) is 0. The van der Waals surface area contributed by atoms with Crippen molar-refractivity contribution < 1.29 is 19.2 Å². The van der Waals surface area contributed by atoms with Crippen molar-refractivity contribution >= 4 is 23.9 Å². The quantitative estimate of drug-likeness (QED) is 0.625. The van der Waals surface area contributed by atoms with E-state index in [1.54, 1.807) is 0 Å². The molecule has 3 aliphatic heterocycles. The number of amides is 6. The van der Waals surface area contributed by atoms with Crippen molar-refractivity contribution in [3.8, 4) is 0 Å². The lowest BCUT2D eigenvalue weighted by Gasteiger charge is -2.37. The van der Waals surface area contributed by atoms with E-state index in [0.717, 1.165) is 64.2 Å². The zero-order valence-corrected chi connectivity index (χ0v) is 18.7. The molecule has 0 aromatic rings. The Bertz CT molecular complexity index is 730. The van der Waals surface area contributed by atoms with Gasteiger partial charge >= 0.3 is 12.1 Å². The number of piperazine rings is 1. The molecule has 0 aromatic heterocycles. The summed E-state index contributed by atoms with van der Waals surface area (Å²) in [6, 6.07) is -0.562. The highest BCUT2D eigenvalue weighted by molar-refractivity contribution is 6.07. The Hall–Kier alpha value is -2.20. The largest absolute Gasteiger partial charge is 0.326 e. The van der Waals surface area contributed by atoms with Gasteiger partial charge in [0.2, 0.25) is 0 Å². The molecule has 5 rings (SSSR count). The number of carbonyl (C=O) groups excluding carboxylic acids is 4. The van der Waals surface area contributed by atoms with Gasteiger partial charge in [-0.1, -0.05) is 38.5 Å². The van der Waals surface area contributed by atoms with Crippen LogP contribution in [0.15, 0.2) is 0 Å². The van der Waals surface area contributed by atoms with Gasteiger partial charge in [0.25, 0.3) is 11.8 Å². The third-order valence-electron chi connectivity index (χ3n) is 8.05. The molecule has 10 nitrogen and oxygen atoms in total. The van der Waals surface area contributed by atoms with Crippen molar-refractivity contribution in [3.05, 3.63) is 0 Å². The van der Waals surface area contributed by atoms with E-state index < -0.39 is 11.1 Å². The second-order valence-corrected chi connectivity index (χ2v) is 10.1. The summed E-state index contributed by atoms with van der Waals surface area (Å²) in [6.45, 7) is 3.31. The van der Waals surface area contributed by atoms with Crippen LogP contribution in [0, 0.1) is 0 Å². The first-order chi connectivity index (χ1) is 15.4. The molecule has 176 valence electrons. The van der Waals surface area contributed by atoms with Gasteiger partial charge in [-0.05, 0) is 25.7 Å². The molecule has 5 aliphatic rings. The molecule has 2 spiro atoms. The van der Waals surface area contributed by atoms with Gasteiger partial charge in [-0.2, -0.15) is 0 Å². The lowest BCUT2D eigenvalue weighted by molar-refractivity contribution is -0.135. The average molecular weight is 447 g/mol. The van der Waals surface area contributed by atoms with Gasteiger partial charge in [0.1, 0.15) is 11.1 Å². The van der Waals surface area contributed by atoms with E-state index >= 15 is 0 Å². The summed E-state index contributed by atoms with van der Waals surface area (Å²) in [4.78, 5) is 58.0. The SMILES string of the molecule is O=C1NC2(CCCCC2)C(=O)N1CN1CCN(CN2C(=O)NC3(CCCCC3)C2=O)CC1. The summed E-state index contributed by atoms with van der Waals surface area (Å²) in [5, 5.41) is 5.93. The van der Waals surface area contributed by atoms with Crippen LogP contribution in [-0.2, 0) is 9.59 Å². The van der Waals surface area contributed by atoms with Gasteiger partial charge in [0.15, 0.2) is 0 Å². The minimum atomic E-state index is -0.685. The maximum atomic E-state index is 13.0. The fourth-order valence-electron chi connectivity index (χ4n) is 6.07. The van der Waals surface area contributed by atoms with Crippen LogP contribution >= 0.6 is 0 Å². The number of carbonyl (C=O) groups is 4. The molecule has 0 atom stereocenters. The minimum absolute atomic E-state index is 0.0817. The molecule has 5 fully saturated rings. The van der Waals surface area contributed by atoms with Crippen molar-refractivity contribution in [2.24, 2.45) is 0 Å². The van der Waals surface area contributed by atoms with Crippen LogP contribution in [0.4, 0.5) is 9.59 Å². The van der Waals surface area contributed by atoms with E-state index in [9.17, 15) is 19.2 Å². The highest BCUT2D eigenvalue weighted by Gasteiger charge is 2.53. The first kappa shape index (κ1) is 21.6. The number of nitrogens with zero attached hydrogens (tertiary/aromatic N) is 4. The molecule has 3 saturated heterocycles. The number of nitrogens with one attached hydrogen (secondary N) is 2. The number of hydrogen-bond donors (Lipinski definition) is 2. The number of rotatable bonds is 4.